The summed E-state index contributed by atoms with van der Waals surface area (Å²) in [7, 11) is -3.63. The minimum atomic E-state index is -3.63. The highest BCUT2D eigenvalue weighted by atomic mass is 32.2. The Labute approximate surface area is 149 Å². The number of benzene rings is 2. The highest BCUT2D eigenvalue weighted by Gasteiger charge is 2.18. The molecule has 0 amide bonds. The molecular weight excluding hydrogens is 338 g/mol. The van der Waals surface area contributed by atoms with Crippen molar-refractivity contribution in [2.75, 3.05) is 13.2 Å². The second-order valence-electron chi connectivity index (χ2n) is 5.61. The minimum Gasteiger partial charge on any atom is -0.462 e. The van der Waals surface area contributed by atoms with Crippen LogP contribution in [-0.4, -0.2) is 27.5 Å². The van der Waals surface area contributed by atoms with Crippen LogP contribution in [0.3, 0.4) is 0 Å². The molecule has 0 spiro atoms. The molecule has 0 heterocycles. The smallest absolute Gasteiger partial charge is 0.338 e. The van der Waals surface area contributed by atoms with E-state index < -0.39 is 16.0 Å². The number of ether oxygens (including phenoxy) is 1. The molecule has 0 bridgehead atoms. The van der Waals surface area contributed by atoms with E-state index in [9.17, 15) is 13.2 Å². The first kappa shape index (κ1) is 19.1. The topological polar surface area (TPSA) is 72.5 Å². The minimum absolute atomic E-state index is 0.106. The van der Waals surface area contributed by atoms with E-state index in [0.29, 0.717) is 12.1 Å². The molecular formula is C19H23NO4S. The fourth-order valence-corrected chi connectivity index (χ4v) is 3.58. The van der Waals surface area contributed by atoms with Crippen molar-refractivity contribution in [2.45, 2.75) is 31.1 Å². The van der Waals surface area contributed by atoms with Crippen molar-refractivity contribution >= 4 is 16.0 Å². The molecule has 1 unspecified atom stereocenters. The molecule has 0 aromatic heterocycles. The van der Waals surface area contributed by atoms with E-state index in [1.165, 1.54) is 24.3 Å². The van der Waals surface area contributed by atoms with Crippen LogP contribution in [0.25, 0.3) is 0 Å². The van der Waals surface area contributed by atoms with Gasteiger partial charge in [-0.3, -0.25) is 0 Å². The van der Waals surface area contributed by atoms with Gasteiger partial charge in [-0.1, -0.05) is 37.3 Å². The molecule has 0 aliphatic rings. The van der Waals surface area contributed by atoms with Crippen molar-refractivity contribution in [1.29, 1.82) is 0 Å². The number of hydrogen-bond acceptors (Lipinski definition) is 4. The van der Waals surface area contributed by atoms with Crippen molar-refractivity contribution in [3.8, 4) is 0 Å². The third-order valence-electron chi connectivity index (χ3n) is 3.96. The number of rotatable bonds is 8. The summed E-state index contributed by atoms with van der Waals surface area (Å²) >= 11 is 0. The maximum atomic E-state index is 12.5. The van der Waals surface area contributed by atoms with Gasteiger partial charge in [0, 0.05) is 6.54 Å². The van der Waals surface area contributed by atoms with Crippen LogP contribution in [0.5, 0.6) is 0 Å². The van der Waals surface area contributed by atoms with E-state index in [4.69, 9.17) is 4.74 Å². The van der Waals surface area contributed by atoms with Crippen LogP contribution in [0.1, 0.15) is 42.1 Å². The molecule has 5 nitrogen and oxygen atoms in total. The number of sulfonamides is 1. The van der Waals surface area contributed by atoms with Gasteiger partial charge in [-0.2, -0.15) is 0 Å². The molecule has 134 valence electrons. The SMILES string of the molecule is CCOC(=O)c1ccc(S(=O)(=O)NCC(CC)c2ccccc2)cc1. The number of hydrogen-bond donors (Lipinski definition) is 1. The van der Waals surface area contributed by atoms with Crippen molar-refractivity contribution < 1.29 is 17.9 Å². The monoisotopic (exact) mass is 361 g/mol. The summed E-state index contributed by atoms with van der Waals surface area (Å²) in [5, 5.41) is 0. The Bertz CT molecular complexity index is 786. The molecule has 0 aliphatic carbocycles. The lowest BCUT2D eigenvalue weighted by Gasteiger charge is -2.16. The van der Waals surface area contributed by atoms with Crippen LogP contribution in [0.15, 0.2) is 59.5 Å². The summed E-state index contributed by atoms with van der Waals surface area (Å²) in [4.78, 5) is 11.8. The Hall–Kier alpha value is -2.18. The number of esters is 1. The quantitative estimate of drug-likeness (QED) is 0.732. The molecule has 2 aromatic carbocycles. The number of nitrogens with one attached hydrogen (secondary N) is 1. The maximum Gasteiger partial charge on any atom is 0.338 e. The molecule has 0 radical (unpaired) electrons. The van der Waals surface area contributed by atoms with Crippen molar-refractivity contribution in [1.82, 2.24) is 4.72 Å². The van der Waals surface area contributed by atoms with Gasteiger partial charge in [0.2, 0.25) is 10.0 Å². The Morgan fingerprint density at radius 1 is 1.04 bits per heavy atom. The van der Waals surface area contributed by atoms with Gasteiger partial charge in [-0.15, -0.1) is 0 Å². The standard InChI is InChI=1S/C19H23NO4S/c1-3-15(16-8-6-5-7-9-16)14-20-25(22,23)18-12-10-17(11-13-18)19(21)24-4-2/h5-13,15,20H,3-4,14H2,1-2H3. The van der Waals surface area contributed by atoms with Gasteiger partial charge >= 0.3 is 5.97 Å². The third-order valence-corrected chi connectivity index (χ3v) is 5.40. The lowest BCUT2D eigenvalue weighted by Crippen LogP contribution is -2.28. The van der Waals surface area contributed by atoms with Gasteiger partial charge in [-0.05, 0) is 49.1 Å². The molecule has 0 fully saturated rings. The Morgan fingerprint density at radius 3 is 2.24 bits per heavy atom. The molecule has 2 rings (SSSR count). The molecule has 1 atom stereocenters. The molecule has 6 heteroatoms. The van der Waals surface area contributed by atoms with Gasteiger partial charge in [0.25, 0.3) is 0 Å². The first-order chi connectivity index (χ1) is 12.0. The second-order valence-corrected chi connectivity index (χ2v) is 7.38. The van der Waals surface area contributed by atoms with Crippen LogP contribution < -0.4 is 4.72 Å². The average Bonchev–Trinajstić information content (AvgIpc) is 2.63. The third kappa shape index (κ3) is 5.14. The van der Waals surface area contributed by atoms with Gasteiger partial charge in [0.15, 0.2) is 0 Å². The summed E-state index contributed by atoms with van der Waals surface area (Å²) in [6, 6.07) is 15.6. The van der Waals surface area contributed by atoms with Crippen LogP contribution in [-0.2, 0) is 14.8 Å². The number of carbonyl (C=O) groups excluding carboxylic acids is 1. The molecule has 0 saturated carbocycles. The van der Waals surface area contributed by atoms with Crippen molar-refractivity contribution in [3.05, 3.63) is 65.7 Å². The Kier molecular flexibility index (Phi) is 6.73. The summed E-state index contributed by atoms with van der Waals surface area (Å²) in [6.45, 7) is 4.35. The zero-order chi connectivity index (χ0) is 18.3. The normalized spacial score (nSPS) is 12.6. The largest absolute Gasteiger partial charge is 0.462 e. The van der Waals surface area contributed by atoms with E-state index in [1.807, 2.05) is 37.3 Å². The van der Waals surface area contributed by atoms with Gasteiger partial charge in [0.05, 0.1) is 17.1 Å². The second kappa shape index (κ2) is 8.78. The maximum absolute atomic E-state index is 12.5. The molecule has 1 N–H and O–H groups in total. The van der Waals surface area contributed by atoms with E-state index in [0.717, 1.165) is 12.0 Å². The first-order valence-electron chi connectivity index (χ1n) is 8.29. The molecule has 2 aromatic rings. The highest BCUT2D eigenvalue weighted by Crippen LogP contribution is 2.19. The molecule has 0 aliphatic heterocycles. The van der Waals surface area contributed by atoms with Crippen LogP contribution in [0.2, 0.25) is 0 Å². The van der Waals surface area contributed by atoms with Gasteiger partial charge < -0.3 is 4.74 Å². The summed E-state index contributed by atoms with van der Waals surface area (Å²) in [5.74, 6) is -0.357. The van der Waals surface area contributed by atoms with Crippen LogP contribution in [0.4, 0.5) is 0 Å². The number of carbonyl (C=O) groups is 1. The summed E-state index contributed by atoms with van der Waals surface area (Å²) in [5.41, 5.74) is 1.43. The zero-order valence-electron chi connectivity index (χ0n) is 14.4. The lowest BCUT2D eigenvalue weighted by molar-refractivity contribution is 0.0526. The fourth-order valence-electron chi connectivity index (χ4n) is 2.50. The first-order valence-corrected chi connectivity index (χ1v) is 9.78. The molecule has 25 heavy (non-hydrogen) atoms. The summed E-state index contributed by atoms with van der Waals surface area (Å²) < 4.78 is 32.5. The van der Waals surface area contributed by atoms with Crippen LogP contribution >= 0.6 is 0 Å². The summed E-state index contributed by atoms with van der Waals surface area (Å²) in [6.07, 6.45) is 0.828. The van der Waals surface area contributed by atoms with E-state index in [-0.39, 0.29) is 17.4 Å². The van der Waals surface area contributed by atoms with Crippen LogP contribution in [0, 0.1) is 0 Å². The average molecular weight is 361 g/mol. The van der Waals surface area contributed by atoms with E-state index in [2.05, 4.69) is 4.72 Å². The van der Waals surface area contributed by atoms with Crippen molar-refractivity contribution in [2.24, 2.45) is 0 Å². The van der Waals surface area contributed by atoms with E-state index >= 15 is 0 Å². The Balaban J connectivity index is 2.07. The van der Waals surface area contributed by atoms with E-state index in [1.54, 1.807) is 6.92 Å². The predicted molar refractivity (Wildman–Crippen MR) is 97.1 cm³/mol. The Morgan fingerprint density at radius 2 is 1.68 bits per heavy atom. The highest BCUT2D eigenvalue weighted by molar-refractivity contribution is 7.89. The predicted octanol–water partition coefficient (Wildman–Crippen LogP) is 3.34. The van der Waals surface area contributed by atoms with Gasteiger partial charge in [-0.25, -0.2) is 17.9 Å². The lowest BCUT2D eigenvalue weighted by atomic mass is 9.97. The molecule has 0 saturated heterocycles. The van der Waals surface area contributed by atoms with Gasteiger partial charge in [0.1, 0.15) is 0 Å². The fraction of sp³-hybridized carbons (Fsp3) is 0.316. The van der Waals surface area contributed by atoms with Crippen molar-refractivity contribution in [3.63, 3.8) is 0 Å². The zero-order valence-corrected chi connectivity index (χ0v) is 15.3.